The highest BCUT2D eigenvalue weighted by Gasteiger charge is 2.01. The quantitative estimate of drug-likeness (QED) is 0.874. The molecule has 0 amide bonds. The molecule has 1 aromatic heterocycles. The first-order chi connectivity index (χ1) is 8.20. The molecule has 0 aliphatic carbocycles. The van der Waals surface area contributed by atoms with E-state index in [0.29, 0.717) is 0 Å². The van der Waals surface area contributed by atoms with Crippen molar-refractivity contribution in [3.63, 3.8) is 0 Å². The molecule has 0 unspecified atom stereocenters. The van der Waals surface area contributed by atoms with E-state index in [4.69, 9.17) is 4.74 Å². The van der Waals surface area contributed by atoms with Crippen LogP contribution in [0, 0.1) is 6.92 Å². The highest BCUT2D eigenvalue weighted by molar-refractivity contribution is 5.53. The number of hydrogen-bond acceptors (Lipinski definition) is 2. The summed E-state index contributed by atoms with van der Waals surface area (Å²) >= 11 is 0. The van der Waals surface area contributed by atoms with Gasteiger partial charge in [0.25, 0.3) is 0 Å². The van der Waals surface area contributed by atoms with Crippen molar-refractivity contribution in [1.82, 2.24) is 4.57 Å². The highest BCUT2D eigenvalue weighted by atomic mass is 16.5. The van der Waals surface area contributed by atoms with Crippen molar-refractivity contribution in [2.75, 3.05) is 12.4 Å². The molecule has 0 aliphatic heterocycles. The lowest BCUT2D eigenvalue weighted by molar-refractivity contribution is 0.414. The van der Waals surface area contributed by atoms with Gasteiger partial charge in [-0.1, -0.05) is 0 Å². The average Bonchev–Trinajstić information content (AvgIpc) is 2.73. The van der Waals surface area contributed by atoms with Gasteiger partial charge >= 0.3 is 0 Å². The van der Waals surface area contributed by atoms with E-state index in [1.54, 1.807) is 7.11 Å². The lowest BCUT2D eigenvalue weighted by Gasteiger charge is -2.11. The molecule has 3 heteroatoms. The lowest BCUT2D eigenvalue weighted by Crippen LogP contribution is -2.05. The number of anilines is 1. The molecule has 0 fully saturated rings. The van der Waals surface area contributed by atoms with E-state index in [0.717, 1.165) is 18.0 Å². The van der Waals surface area contributed by atoms with Crippen LogP contribution in [-0.2, 0) is 13.6 Å². The fourth-order valence-electron chi connectivity index (χ4n) is 1.83. The largest absolute Gasteiger partial charge is 0.497 e. The van der Waals surface area contributed by atoms with Crippen molar-refractivity contribution < 1.29 is 4.74 Å². The first kappa shape index (κ1) is 11.6. The van der Waals surface area contributed by atoms with Crippen molar-refractivity contribution in [1.29, 1.82) is 0 Å². The number of benzene rings is 1. The molecule has 2 rings (SSSR count). The third-order valence-electron chi connectivity index (χ3n) is 2.94. The number of nitrogens with one attached hydrogen (secondary N) is 1. The summed E-state index contributed by atoms with van der Waals surface area (Å²) in [6.45, 7) is 2.91. The van der Waals surface area contributed by atoms with Gasteiger partial charge in [-0.3, -0.25) is 0 Å². The molecule has 17 heavy (non-hydrogen) atoms. The molecule has 0 saturated heterocycles. The maximum atomic E-state index is 5.19. The molecule has 2 aromatic rings. The summed E-state index contributed by atoms with van der Waals surface area (Å²) in [7, 11) is 3.74. The number of rotatable bonds is 4. The summed E-state index contributed by atoms with van der Waals surface area (Å²) in [5.74, 6) is 0.895. The normalized spacial score (nSPS) is 10.3. The van der Waals surface area contributed by atoms with Crippen LogP contribution in [0.15, 0.2) is 36.5 Å². The fourth-order valence-corrected chi connectivity index (χ4v) is 1.83. The molecule has 1 heterocycles. The van der Waals surface area contributed by atoms with Gasteiger partial charge in [0.15, 0.2) is 0 Å². The van der Waals surface area contributed by atoms with Gasteiger partial charge in [0.2, 0.25) is 0 Å². The summed E-state index contributed by atoms with van der Waals surface area (Å²) in [4.78, 5) is 0. The van der Waals surface area contributed by atoms with E-state index in [1.807, 2.05) is 12.1 Å². The van der Waals surface area contributed by atoms with E-state index >= 15 is 0 Å². The molecule has 0 spiro atoms. The topological polar surface area (TPSA) is 26.2 Å². The number of aryl methyl sites for hydroxylation is 2. The van der Waals surface area contributed by atoms with Crippen LogP contribution < -0.4 is 10.1 Å². The average molecular weight is 230 g/mol. The van der Waals surface area contributed by atoms with E-state index in [9.17, 15) is 0 Å². The van der Waals surface area contributed by atoms with Crippen LogP contribution in [0.3, 0.4) is 0 Å². The molecular formula is C14H18N2O. The summed E-state index contributed by atoms with van der Waals surface area (Å²) in [5.41, 5.74) is 3.60. The molecule has 0 bridgehead atoms. The number of methoxy groups -OCH3 is 1. The molecule has 0 atom stereocenters. The Morgan fingerprint density at radius 3 is 2.71 bits per heavy atom. The Kier molecular flexibility index (Phi) is 3.38. The molecule has 0 saturated carbocycles. The van der Waals surface area contributed by atoms with Gasteiger partial charge in [0.05, 0.1) is 13.7 Å². The monoisotopic (exact) mass is 230 g/mol. The van der Waals surface area contributed by atoms with Crippen LogP contribution >= 0.6 is 0 Å². The smallest absolute Gasteiger partial charge is 0.119 e. The maximum Gasteiger partial charge on any atom is 0.119 e. The van der Waals surface area contributed by atoms with Gasteiger partial charge < -0.3 is 14.6 Å². The Balaban J connectivity index is 2.07. The minimum atomic E-state index is 0.830. The first-order valence-corrected chi connectivity index (χ1v) is 5.69. The summed E-state index contributed by atoms with van der Waals surface area (Å²) in [6, 6.07) is 10.2. The predicted octanol–water partition coefficient (Wildman–Crippen LogP) is 2.95. The van der Waals surface area contributed by atoms with Crippen LogP contribution in [-0.4, -0.2) is 11.7 Å². The van der Waals surface area contributed by atoms with E-state index < -0.39 is 0 Å². The van der Waals surface area contributed by atoms with Crippen molar-refractivity contribution in [2.24, 2.45) is 7.05 Å². The molecule has 0 radical (unpaired) electrons. The van der Waals surface area contributed by atoms with Gasteiger partial charge in [0.1, 0.15) is 5.75 Å². The minimum absolute atomic E-state index is 0.830. The van der Waals surface area contributed by atoms with E-state index in [1.165, 1.54) is 11.3 Å². The Bertz CT molecular complexity index is 503. The molecule has 90 valence electrons. The van der Waals surface area contributed by atoms with Gasteiger partial charge in [-0.15, -0.1) is 0 Å². The van der Waals surface area contributed by atoms with Crippen molar-refractivity contribution in [3.8, 4) is 5.75 Å². The standard InChI is InChI=1S/C14H18N2O/c1-11-9-13(17-3)6-7-14(11)15-10-12-5-4-8-16(12)2/h4-9,15H,10H2,1-3H3. The lowest BCUT2D eigenvalue weighted by atomic mass is 10.2. The first-order valence-electron chi connectivity index (χ1n) is 5.69. The van der Waals surface area contributed by atoms with Crippen LogP contribution in [0.5, 0.6) is 5.75 Å². The zero-order valence-electron chi connectivity index (χ0n) is 10.5. The predicted molar refractivity (Wildman–Crippen MR) is 70.5 cm³/mol. The number of nitrogens with zero attached hydrogens (tertiary/aromatic N) is 1. The van der Waals surface area contributed by atoms with Gasteiger partial charge in [-0.25, -0.2) is 0 Å². The van der Waals surface area contributed by atoms with Crippen LogP contribution in [0.25, 0.3) is 0 Å². The Hall–Kier alpha value is -1.90. The van der Waals surface area contributed by atoms with Gasteiger partial charge in [0, 0.05) is 24.6 Å². The van der Waals surface area contributed by atoms with Crippen molar-refractivity contribution in [3.05, 3.63) is 47.8 Å². The second kappa shape index (κ2) is 4.95. The van der Waals surface area contributed by atoms with Crippen LogP contribution in [0.1, 0.15) is 11.3 Å². The van der Waals surface area contributed by atoms with E-state index in [2.05, 4.69) is 48.3 Å². The van der Waals surface area contributed by atoms with Crippen LogP contribution in [0.2, 0.25) is 0 Å². The molecule has 0 aliphatic rings. The molecule has 1 aromatic carbocycles. The number of ether oxygens (including phenoxy) is 1. The molecule has 1 N–H and O–H groups in total. The van der Waals surface area contributed by atoms with E-state index in [-0.39, 0.29) is 0 Å². The van der Waals surface area contributed by atoms with Gasteiger partial charge in [-0.2, -0.15) is 0 Å². The second-order valence-electron chi connectivity index (χ2n) is 4.14. The van der Waals surface area contributed by atoms with Crippen molar-refractivity contribution in [2.45, 2.75) is 13.5 Å². The minimum Gasteiger partial charge on any atom is -0.497 e. The summed E-state index contributed by atoms with van der Waals surface area (Å²) in [5, 5.41) is 3.43. The third kappa shape index (κ3) is 2.61. The SMILES string of the molecule is COc1ccc(NCc2cccn2C)c(C)c1. The van der Waals surface area contributed by atoms with Crippen LogP contribution in [0.4, 0.5) is 5.69 Å². The second-order valence-corrected chi connectivity index (χ2v) is 4.14. The fraction of sp³-hybridized carbons (Fsp3) is 0.286. The number of hydrogen-bond donors (Lipinski definition) is 1. The summed E-state index contributed by atoms with van der Waals surface area (Å²) < 4.78 is 7.30. The van der Waals surface area contributed by atoms with Gasteiger partial charge in [-0.05, 0) is 42.8 Å². The Labute approximate surface area is 102 Å². The number of aromatic nitrogens is 1. The zero-order chi connectivity index (χ0) is 12.3. The molecular weight excluding hydrogens is 212 g/mol. The zero-order valence-corrected chi connectivity index (χ0v) is 10.5. The third-order valence-corrected chi connectivity index (χ3v) is 2.94. The highest BCUT2D eigenvalue weighted by Crippen LogP contribution is 2.21. The van der Waals surface area contributed by atoms with Crippen molar-refractivity contribution >= 4 is 5.69 Å². The summed E-state index contributed by atoms with van der Waals surface area (Å²) in [6.07, 6.45) is 2.05. The molecule has 3 nitrogen and oxygen atoms in total. The maximum absolute atomic E-state index is 5.19. The Morgan fingerprint density at radius 2 is 2.12 bits per heavy atom. The Morgan fingerprint density at radius 1 is 1.29 bits per heavy atom.